The van der Waals surface area contributed by atoms with Gasteiger partial charge in [-0.05, 0) is 79.8 Å². The number of benzene rings is 3. The van der Waals surface area contributed by atoms with Gasteiger partial charge < -0.3 is 23.9 Å². The normalized spacial score (nSPS) is 19.8. The lowest BCUT2D eigenvalue weighted by Gasteiger charge is -2.27. The maximum atomic E-state index is 14.2. The number of aromatic nitrogens is 3. The van der Waals surface area contributed by atoms with Gasteiger partial charge in [-0.1, -0.05) is 24.3 Å². The molecule has 3 aromatic carbocycles. The van der Waals surface area contributed by atoms with E-state index >= 15 is 0 Å². The molecule has 3 heterocycles. The van der Waals surface area contributed by atoms with Crippen LogP contribution in [0, 0.1) is 17.7 Å². The fourth-order valence-electron chi connectivity index (χ4n) is 7.27. The third-order valence-corrected chi connectivity index (χ3v) is 9.64. The molecule has 2 saturated carbocycles. The van der Waals surface area contributed by atoms with Gasteiger partial charge in [0.15, 0.2) is 17.4 Å². The molecule has 214 valence electrons. The number of ether oxygens (including phenoxy) is 1. The van der Waals surface area contributed by atoms with Crippen molar-refractivity contribution in [1.29, 1.82) is 0 Å². The molecule has 0 radical (unpaired) electrons. The number of nitrogens with zero attached hydrogens (tertiary/aromatic N) is 4. The third kappa shape index (κ3) is 3.91. The summed E-state index contributed by atoms with van der Waals surface area (Å²) in [6, 6.07) is 16.8. The molecular weight excluding hydrogens is 531 g/mol. The summed E-state index contributed by atoms with van der Waals surface area (Å²) in [6.07, 6.45) is 5.80. The second kappa shape index (κ2) is 9.34. The van der Waals surface area contributed by atoms with Crippen molar-refractivity contribution in [2.45, 2.75) is 44.7 Å². The van der Waals surface area contributed by atoms with Crippen molar-refractivity contribution in [1.82, 2.24) is 19.0 Å². The van der Waals surface area contributed by atoms with Crippen LogP contribution in [-0.4, -0.2) is 49.7 Å². The number of aromatic hydroxyl groups is 1. The van der Waals surface area contributed by atoms with E-state index < -0.39 is 5.82 Å². The van der Waals surface area contributed by atoms with Crippen LogP contribution in [0.3, 0.4) is 0 Å². The first kappa shape index (κ1) is 25.4. The predicted octanol–water partition coefficient (Wildman–Crippen LogP) is 6.75. The van der Waals surface area contributed by atoms with E-state index in [1.54, 1.807) is 19.2 Å². The molecule has 42 heavy (non-hydrogen) atoms. The molecule has 1 amide bonds. The van der Waals surface area contributed by atoms with Crippen molar-refractivity contribution in [3.05, 3.63) is 66.0 Å². The Morgan fingerprint density at radius 3 is 2.69 bits per heavy atom. The number of hydrogen-bond acceptors (Lipinski definition) is 4. The van der Waals surface area contributed by atoms with Crippen LogP contribution in [0.15, 0.2) is 54.6 Å². The topological polar surface area (TPSA) is 72.5 Å². The quantitative estimate of drug-likeness (QED) is 0.248. The van der Waals surface area contributed by atoms with Crippen LogP contribution in [0.25, 0.3) is 44.6 Å². The summed E-state index contributed by atoms with van der Waals surface area (Å²) in [5.74, 6) is 1.73. The highest BCUT2D eigenvalue weighted by Crippen LogP contribution is 2.41. The standard InChI is InChI=1S/C34H33FN4O3/c1-37-31-27(13-23(16-30(31)42-2)34(41)38-18-20-8-11-24(38)12-20)36-33(37)29-15-22-10-9-21(25-4-3-5-26(35)32(25)40)14-28(22)39(29)17-19-6-7-19/h3-5,9-10,13-16,19-20,24,40H,6-8,11-12,17-18H2,1-2H3. The Bertz CT molecular complexity index is 1900. The van der Waals surface area contributed by atoms with Crippen molar-refractivity contribution >= 4 is 27.8 Å². The molecule has 2 aliphatic carbocycles. The number of phenols is 1. The maximum Gasteiger partial charge on any atom is 0.254 e. The van der Waals surface area contributed by atoms with Crippen molar-refractivity contribution in [3.63, 3.8) is 0 Å². The Kier molecular flexibility index (Phi) is 5.65. The average Bonchev–Trinajstić information content (AvgIpc) is 3.29. The van der Waals surface area contributed by atoms with Crippen LogP contribution in [-0.2, 0) is 13.6 Å². The summed E-state index contributed by atoms with van der Waals surface area (Å²) in [7, 11) is 3.63. The summed E-state index contributed by atoms with van der Waals surface area (Å²) in [5, 5.41) is 11.5. The molecule has 0 spiro atoms. The van der Waals surface area contributed by atoms with Gasteiger partial charge in [0.2, 0.25) is 0 Å². The van der Waals surface area contributed by atoms with E-state index in [0.717, 1.165) is 64.9 Å². The lowest BCUT2D eigenvalue weighted by Crippen LogP contribution is -2.37. The number of para-hydroxylation sites is 1. The third-order valence-electron chi connectivity index (χ3n) is 9.64. The molecular formula is C34H33FN4O3. The van der Waals surface area contributed by atoms with Crippen molar-refractivity contribution in [2.24, 2.45) is 18.9 Å². The van der Waals surface area contributed by atoms with Gasteiger partial charge in [0.25, 0.3) is 5.91 Å². The number of piperidine rings is 1. The molecule has 7 nitrogen and oxygen atoms in total. The summed E-state index contributed by atoms with van der Waals surface area (Å²) < 4.78 is 24.4. The van der Waals surface area contributed by atoms with E-state index in [0.29, 0.717) is 34.8 Å². The molecule has 1 saturated heterocycles. The molecule has 2 bridgehead atoms. The van der Waals surface area contributed by atoms with Gasteiger partial charge in [0, 0.05) is 48.2 Å². The zero-order valence-corrected chi connectivity index (χ0v) is 23.8. The Hall–Kier alpha value is -4.33. The number of phenolic OH excluding ortho intramolecular Hbond substituents is 1. The number of halogens is 1. The zero-order chi connectivity index (χ0) is 28.7. The highest BCUT2D eigenvalue weighted by molar-refractivity contribution is 6.00. The molecule has 1 N–H and O–H groups in total. The molecule has 2 unspecified atom stereocenters. The number of likely N-dealkylation sites (tertiary alicyclic amines) is 1. The lowest BCUT2D eigenvalue weighted by molar-refractivity contribution is 0.0703. The average molecular weight is 565 g/mol. The summed E-state index contributed by atoms with van der Waals surface area (Å²) in [4.78, 5) is 20.7. The molecule has 5 aromatic rings. The minimum atomic E-state index is -0.634. The van der Waals surface area contributed by atoms with Gasteiger partial charge in [-0.25, -0.2) is 9.37 Å². The lowest BCUT2D eigenvalue weighted by atomic mass is 10.0. The molecule has 2 aromatic heterocycles. The summed E-state index contributed by atoms with van der Waals surface area (Å²) in [5.41, 5.74) is 5.41. The molecule has 3 fully saturated rings. The number of hydrogen-bond donors (Lipinski definition) is 1. The van der Waals surface area contributed by atoms with Gasteiger partial charge >= 0.3 is 0 Å². The number of methoxy groups -OCH3 is 1. The van der Waals surface area contributed by atoms with Crippen LogP contribution in [0.1, 0.15) is 42.5 Å². The number of aryl methyl sites for hydroxylation is 1. The molecule has 8 rings (SSSR count). The van der Waals surface area contributed by atoms with Gasteiger partial charge in [0.05, 0.1) is 18.3 Å². The van der Waals surface area contributed by atoms with Crippen LogP contribution >= 0.6 is 0 Å². The predicted molar refractivity (Wildman–Crippen MR) is 160 cm³/mol. The maximum absolute atomic E-state index is 14.2. The number of amides is 1. The van der Waals surface area contributed by atoms with Crippen LogP contribution < -0.4 is 4.74 Å². The second-order valence-corrected chi connectivity index (χ2v) is 12.3. The molecule has 8 heteroatoms. The number of carbonyl (C=O) groups is 1. The van der Waals surface area contributed by atoms with E-state index in [-0.39, 0.29) is 11.7 Å². The Morgan fingerprint density at radius 1 is 1.10 bits per heavy atom. The van der Waals surface area contributed by atoms with Crippen LogP contribution in [0.5, 0.6) is 11.5 Å². The first-order chi connectivity index (χ1) is 20.4. The van der Waals surface area contributed by atoms with Gasteiger partial charge in [0.1, 0.15) is 11.3 Å². The van der Waals surface area contributed by atoms with E-state index in [1.165, 1.54) is 25.3 Å². The minimum absolute atomic E-state index is 0.0607. The van der Waals surface area contributed by atoms with E-state index in [9.17, 15) is 14.3 Å². The van der Waals surface area contributed by atoms with E-state index in [4.69, 9.17) is 9.72 Å². The van der Waals surface area contributed by atoms with E-state index in [2.05, 4.69) is 15.2 Å². The highest BCUT2D eigenvalue weighted by atomic mass is 19.1. The minimum Gasteiger partial charge on any atom is -0.504 e. The van der Waals surface area contributed by atoms with Crippen molar-refractivity contribution in [3.8, 4) is 34.1 Å². The summed E-state index contributed by atoms with van der Waals surface area (Å²) in [6.45, 7) is 1.69. The largest absolute Gasteiger partial charge is 0.504 e. The SMILES string of the molecule is COc1cc(C(=O)N2CC3CCC2C3)cc2nc(-c3cc4ccc(-c5cccc(F)c5O)cc4n3CC3CC3)n(C)c12. The monoisotopic (exact) mass is 564 g/mol. The first-order valence-corrected chi connectivity index (χ1v) is 14.9. The Balaban J connectivity index is 1.26. The van der Waals surface area contributed by atoms with E-state index in [1.807, 2.05) is 42.3 Å². The number of rotatable bonds is 6. The highest BCUT2D eigenvalue weighted by Gasteiger charge is 2.40. The fraction of sp³-hybridized carbons (Fsp3) is 0.353. The Labute approximate surface area is 243 Å². The number of carbonyl (C=O) groups excluding carboxylic acids is 1. The number of fused-ring (bicyclic) bond motifs is 4. The van der Waals surface area contributed by atoms with Crippen molar-refractivity contribution < 1.29 is 19.0 Å². The zero-order valence-electron chi connectivity index (χ0n) is 23.8. The smallest absolute Gasteiger partial charge is 0.254 e. The van der Waals surface area contributed by atoms with Gasteiger partial charge in [-0.2, -0.15) is 0 Å². The fourth-order valence-corrected chi connectivity index (χ4v) is 7.27. The molecule has 2 atom stereocenters. The summed E-state index contributed by atoms with van der Waals surface area (Å²) >= 11 is 0. The van der Waals surface area contributed by atoms with Gasteiger partial charge in [-0.3, -0.25) is 4.79 Å². The number of imidazole rings is 1. The Morgan fingerprint density at radius 2 is 1.95 bits per heavy atom. The van der Waals surface area contributed by atoms with Gasteiger partial charge in [-0.15, -0.1) is 0 Å². The van der Waals surface area contributed by atoms with Crippen LogP contribution in [0.4, 0.5) is 4.39 Å². The van der Waals surface area contributed by atoms with Crippen molar-refractivity contribution in [2.75, 3.05) is 13.7 Å². The molecule has 3 aliphatic rings. The second-order valence-electron chi connectivity index (χ2n) is 12.3. The first-order valence-electron chi connectivity index (χ1n) is 14.9. The molecule has 1 aliphatic heterocycles. The van der Waals surface area contributed by atoms with Crippen LogP contribution in [0.2, 0.25) is 0 Å².